The molecule has 1 aliphatic rings. The van der Waals surface area contributed by atoms with Crippen LogP contribution in [0.2, 0.25) is 0 Å². The number of para-hydroxylation sites is 1. The smallest absolute Gasteiger partial charge is 0.246 e. The van der Waals surface area contributed by atoms with Crippen molar-refractivity contribution >= 4 is 40.5 Å². The van der Waals surface area contributed by atoms with Gasteiger partial charge in [0.1, 0.15) is 5.92 Å². The summed E-state index contributed by atoms with van der Waals surface area (Å²) >= 11 is 0. The molecular weight excluding hydrogens is 428 g/mol. The topological polar surface area (TPSA) is 82.1 Å². The van der Waals surface area contributed by atoms with E-state index in [1.54, 1.807) is 26.2 Å². The molecule has 3 aromatic rings. The molecule has 7 heteroatoms. The number of carbonyl (C=O) groups excluding carboxylic acids is 3. The van der Waals surface area contributed by atoms with Gasteiger partial charge in [0.15, 0.2) is 0 Å². The van der Waals surface area contributed by atoms with Crippen LogP contribution in [-0.2, 0) is 14.4 Å². The minimum absolute atomic E-state index is 0.0000927. The number of carbonyl (C=O) groups is 3. The molecule has 0 saturated carbocycles. The molecule has 34 heavy (non-hydrogen) atoms. The predicted octanol–water partition coefficient (Wildman–Crippen LogP) is 3.98. The zero-order chi connectivity index (χ0) is 24.2. The maximum Gasteiger partial charge on any atom is 0.246 e. The van der Waals surface area contributed by atoms with Crippen molar-refractivity contribution in [3.63, 3.8) is 0 Å². The van der Waals surface area contributed by atoms with E-state index in [2.05, 4.69) is 5.32 Å². The van der Waals surface area contributed by atoms with E-state index in [1.165, 1.54) is 16.7 Å². The van der Waals surface area contributed by atoms with Gasteiger partial charge in [-0.15, -0.1) is 0 Å². The molecule has 4 rings (SSSR count). The first kappa shape index (κ1) is 22.9. The lowest BCUT2D eigenvalue weighted by molar-refractivity contribution is -0.132. The van der Waals surface area contributed by atoms with E-state index in [9.17, 15) is 14.4 Å². The molecule has 1 heterocycles. The number of fused-ring (bicyclic) bond motifs is 1. The zero-order valence-corrected chi connectivity index (χ0v) is 19.4. The summed E-state index contributed by atoms with van der Waals surface area (Å²) < 4.78 is 0. The molecule has 172 valence electrons. The second-order valence-electron chi connectivity index (χ2n) is 8.22. The van der Waals surface area contributed by atoms with Crippen LogP contribution in [0.1, 0.15) is 24.0 Å². The summed E-state index contributed by atoms with van der Waals surface area (Å²) in [6.07, 6.45) is 0. The van der Waals surface area contributed by atoms with Crippen LogP contribution < -0.4 is 10.2 Å². The number of amides is 3. The molecule has 0 saturated heterocycles. The third-order valence-corrected chi connectivity index (χ3v) is 5.91. The Bertz CT molecular complexity index is 1250. The second kappa shape index (κ2) is 9.70. The monoisotopic (exact) mass is 454 g/mol. The molecule has 0 aliphatic carbocycles. The highest BCUT2D eigenvalue weighted by molar-refractivity contribution is 6.24. The van der Waals surface area contributed by atoms with Crippen molar-refractivity contribution in [2.75, 3.05) is 30.9 Å². The van der Waals surface area contributed by atoms with Gasteiger partial charge in [-0.3, -0.25) is 19.4 Å². The number of anilines is 2. The van der Waals surface area contributed by atoms with Gasteiger partial charge in [0.25, 0.3) is 0 Å². The molecular formula is C27H26N4O3. The van der Waals surface area contributed by atoms with E-state index in [-0.39, 0.29) is 24.3 Å². The first-order valence-corrected chi connectivity index (χ1v) is 11.0. The number of benzene rings is 3. The molecule has 1 atom stereocenters. The Labute approximate surface area is 198 Å². The SMILES string of the molecule is CC(=O)N(C)CC(=O)N(C)c1ccc(N=C(c2ccccc2)C2C(=O)Nc3ccccc32)cc1. The lowest BCUT2D eigenvalue weighted by Gasteiger charge is -2.21. The summed E-state index contributed by atoms with van der Waals surface area (Å²) in [7, 11) is 3.26. The fourth-order valence-corrected chi connectivity index (χ4v) is 3.84. The van der Waals surface area contributed by atoms with Gasteiger partial charge in [0.05, 0.1) is 17.9 Å². The number of rotatable bonds is 6. The van der Waals surface area contributed by atoms with E-state index in [0.29, 0.717) is 17.1 Å². The second-order valence-corrected chi connectivity index (χ2v) is 8.22. The van der Waals surface area contributed by atoms with Gasteiger partial charge in [-0.25, -0.2) is 0 Å². The summed E-state index contributed by atoms with van der Waals surface area (Å²) in [5.41, 5.74) is 4.57. The average Bonchev–Trinajstić information content (AvgIpc) is 3.18. The minimum Gasteiger partial charge on any atom is -0.337 e. The summed E-state index contributed by atoms with van der Waals surface area (Å²) in [6.45, 7) is 1.42. The number of hydrogen-bond acceptors (Lipinski definition) is 4. The van der Waals surface area contributed by atoms with Crippen molar-refractivity contribution in [3.05, 3.63) is 90.0 Å². The van der Waals surface area contributed by atoms with Crippen LogP contribution in [-0.4, -0.2) is 49.0 Å². The molecule has 0 fully saturated rings. The molecule has 0 spiro atoms. The van der Waals surface area contributed by atoms with Crippen molar-refractivity contribution < 1.29 is 14.4 Å². The standard InChI is InChI=1S/C27H26N4O3/c1-18(32)30(2)17-24(33)31(3)21-15-13-20(14-16-21)28-26(19-9-5-4-6-10-19)25-22-11-7-8-12-23(22)29-27(25)34/h4-16,25H,17H2,1-3H3,(H,29,34). The Hall–Kier alpha value is -4.26. The molecule has 1 aliphatic heterocycles. The van der Waals surface area contributed by atoms with Crippen molar-refractivity contribution in [1.82, 2.24) is 4.90 Å². The number of nitrogens with one attached hydrogen (secondary N) is 1. The molecule has 0 radical (unpaired) electrons. The lowest BCUT2D eigenvalue weighted by Crippen LogP contribution is -2.38. The fraction of sp³-hybridized carbons (Fsp3) is 0.185. The number of aliphatic imine (C=N–C) groups is 1. The largest absolute Gasteiger partial charge is 0.337 e. The van der Waals surface area contributed by atoms with Crippen molar-refractivity contribution in [2.45, 2.75) is 12.8 Å². The summed E-state index contributed by atoms with van der Waals surface area (Å²) in [5.74, 6) is -0.999. The highest BCUT2D eigenvalue weighted by Gasteiger charge is 2.35. The first-order valence-electron chi connectivity index (χ1n) is 11.0. The van der Waals surface area contributed by atoms with E-state index < -0.39 is 5.92 Å². The summed E-state index contributed by atoms with van der Waals surface area (Å²) in [6, 6.07) is 24.5. The highest BCUT2D eigenvalue weighted by Crippen LogP contribution is 2.36. The van der Waals surface area contributed by atoms with Crippen LogP contribution in [0.15, 0.2) is 83.9 Å². The van der Waals surface area contributed by atoms with Gasteiger partial charge >= 0.3 is 0 Å². The highest BCUT2D eigenvalue weighted by atomic mass is 16.2. The molecule has 1 N–H and O–H groups in total. The number of nitrogens with zero attached hydrogens (tertiary/aromatic N) is 3. The van der Waals surface area contributed by atoms with Gasteiger partial charge in [0, 0.05) is 32.4 Å². The van der Waals surface area contributed by atoms with E-state index in [4.69, 9.17) is 4.99 Å². The molecule has 3 aromatic carbocycles. The molecule has 0 bridgehead atoms. The van der Waals surface area contributed by atoms with Crippen LogP contribution >= 0.6 is 0 Å². The fourth-order valence-electron chi connectivity index (χ4n) is 3.84. The van der Waals surface area contributed by atoms with Gasteiger partial charge in [-0.1, -0.05) is 48.5 Å². The first-order chi connectivity index (χ1) is 16.3. The van der Waals surface area contributed by atoms with Crippen molar-refractivity contribution in [3.8, 4) is 0 Å². The maximum atomic E-state index is 12.9. The molecule has 3 amide bonds. The van der Waals surface area contributed by atoms with Crippen LogP contribution in [0.3, 0.4) is 0 Å². The van der Waals surface area contributed by atoms with E-state index in [0.717, 1.165) is 16.8 Å². The van der Waals surface area contributed by atoms with Gasteiger partial charge in [-0.2, -0.15) is 0 Å². The maximum absolute atomic E-state index is 12.9. The van der Waals surface area contributed by atoms with Crippen molar-refractivity contribution in [1.29, 1.82) is 0 Å². The minimum atomic E-state index is -0.523. The summed E-state index contributed by atoms with van der Waals surface area (Å²) in [5, 5.41) is 2.95. The number of likely N-dealkylation sites (N-methyl/N-ethyl adjacent to an activating group) is 2. The quantitative estimate of drug-likeness (QED) is 0.572. The molecule has 0 aromatic heterocycles. The van der Waals surface area contributed by atoms with Gasteiger partial charge in [-0.05, 0) is 41.5 Å². The van der Waals surface area contributed by atoms with Crippen LogP contribution in [0, 0.1) is 0 Å². The Morgan fingerprint density at radius 2 is 1.56 bits per heavy atom. The zero-order valence-electron chi connectivity index (χ0n) is 19.4. The van der Waals surface area contributed by atoms with Crippen LogP contribution in [0.4, 0.5) is 17.1 Å². The third-order valence-electron chi connectivity index (χ3n) is 5.91. The molecule has 1 unspecified atom stereocenters. The molecule has 7 nitrogen and oxygen atoms in total. The Morgan fingerprint density at radius 3 is 2.24 bits per heavy atom. The van der Waals surface area contributed by atoms with Gasteiger partial charge in [0.2, 0.25) is 17.7 Å². The van der Waals surface area contributed by atoms with Crippen LogP contribution in [0.5, 0.6) is 0 Å². The third kappa shape index (κ3) is 4.73. The average molecular weight is 455 g/mol. The predicted molar refractivity (Wildman–Crippen MR) is 134 cm³/mol. The Kier molecular flexibility index (Phi) is 6.54. The van der Waals surface area contributed by atoms with Crippen molar-refractivity contribution in [2.24, 2.45) is 4.99 Å². The number of hydrogen-bond donors (Lipinski definition) is 1. The van der Waals surface area contributed by atoms with Gasteiger partial charge < -0.3 is 15.1 Å². The Morgan fingerprint density at radius 1 is 0.912 bits per heavy atom. The normalized spacial score (nSPS) is 14.9. The van der Waals surface area contributed by atoms with Crippen LogP contribution in [0.25, 0.3) is 0 Å². The lowest BCUT2D eigenvalue weighted by atomic mass is 9.90. The van der Waals surface area contributed by atoms with E-state index in [1.807, 2.05) is 66.7 Å². The Balaban J connectivity index is 1.65. The summed E-state index contributed by atoms with van der Waals surface area (Å²) in [4.78, 5) is 44.6. The van der Waals surface area contributed by atoms with E-state index >= 15 is 0 Å².